The van der Waals surface area contributed by atoms with Crippen LogP contribution < -0.4 is 0 Å². The van der Waals surface area contributed by atoms with E-state index >= 15 is 0 Å². The molecule has 0 saturated heterocycles. The molecule has 3 heterocycles. The summed E-state index contributed by atoms with van der Waals surface area (Å²) >= 11 is 0. The number of nitrogens with zero attached hydrogens (tertiary/aromatic N) is 4. The van der Waals surface area contributed by atoms with Crippen LogP contribution in [0.4, 0.5) is 0 Å². The molecule has 0 bridgehead atoms. The van der Waals surface area contributed by atoms with E-state index in [1.54, 1.807) is 19.4 Å². The average Bonchev–Trinajstić information content (AvgIpc) is 3.03. The first-order valence-electron chi connectivity index (χ1n) is 7.98. The third-order valence-electron chi connectivity index (χ3n) is 4.16. The number of rotatable bonds is 6. The van der Waals surface area contributed by atoms with Gasteiger partial charge in [-0.3, -0.25) is 4.98 Å². The zero-order valence-corrected chi connectivity index (χ0v) is 14.7. The predicted molar refractivity (Wildman–Crippen MR) is 89.8 cm³/mol. The lowest BCUT2D eigenvalue weighted by atomic mass is 10.2. The van der Waals surface area contributed by atoms with Gasteiger partial charge in [-0.05, 0) is 26.0 Å². The Kier molecular flexibility index (Phi) is 4.98. The minimum Gasteiger partial charge on any atom is -0.373 e. The van der Waals surface area contributed by atoms with E-state index in [1.165, 1.54) is 4.31 Å². The normalized spacial score (nSPS) is 18.5. The summed E-state index contributed by atoms with van der Waals surface area (Å²) in [5, 5.41) is 0. The minimum atomic E-state index is -3.23. The van der Waals surface area contributed by atoms with Crippen LogP contribution in [-0.4, -0.2) is 46.2 Å². The van der Waals surface area contributed by atoms with Gasteiger partial charge in [-0.2, -0.15) is 4.31 Å². The first-order valence-corrected chi connectivity index (χ1v) is 9.59. The summed E-state index contributed by atoms with van der Waals surface area (Å²) in [5.74, 6) is 0.0991. The van der Waals surface area contributed by atoms with Gasteiger partial charge in [-0.15, -0.1) is 0 Å². The van der Waals surface area contributed by atoms with Crippen molar-refractivity contribution in [2.75, 3.05) is 18.9 Å². The molecule has 0 saturated carbocycles. The van der Waals surface area contributed by atoms with E-state index in [4.69, 9.17) is 4.74 Å². The van der Waals surface area contributed by atoms with Crippen molar-refractivity contribution in [3.63, 3.8) is 0 Å². The van der Waals surface area contributed by atoms with Crippen molar-refractivity contribution in [1.82, 2.24) is 18.8 Å². The van der Waals surface area contributed by atoms with Crippen molar-refractivity contribution in [2.24, 2.45) is 0 Å². The van der Waals surface area contributed by atoms with Crippen LogP contribution in [0.5, 0.6) is 0 Å². The smallest absolute Gasteiger partial charge is 0.214 e. The highest BCUT2D eigenvalue weighted by atomic mass is 32.2. The third-order valence-corrected chi connectivity index (χ3v) is 5.95. The van der Waals surface area contributed by atoms with Crippen molar-refractivity contribution in [1.29, 1.82) is 0 Å². The van der Waals surface area contributed by atoms with Crippen molar-refractivity contribution >= 4 is 10.0 Å². The summed E-state index contributed by atoms with van der Waals surface area (Å²) in [6.45, 7) is 5.19. The quantitative estimate of drug-likeness (QED) is 0.789. The van der Waals surface area contributed by atoms with Crippen molar-refractivity contribution < 1.29 is 13.2 Å². The lowest BCUT2D eigenvalue weighted by Gasteiger charge is -2.33. The summed E-state index contributed by atoms with van der Waals surface area (Å²) in [6.07, 6.45) is 3.45. The van der Waals surface area contributed by atoms with E-state index in [0.29, 0.717) is 26.3 Å². The maximum atomic E-state index is 12.2. The van der Waals surface area contributed by atoms with Crippen LogP contribution in [0.3, 0.4) is 0 Å². The van der Waals surface area contributed by atoms with Crippen LogP contribution in [0.1, 0.15) is 30.0 Å². The maximum absolute atomic E-state index is 12.2. The summed E-state index contributed by atoms with van der Waals surface area (Å²) in [6, 6.07) is 5.73. The fourth-order valence-corrected chi connectivity index (χ4v) is 3.95. The molecule has 130 valence electrons. The second-order valence-corrected chi connectivity index (χ2v) is 8.18. The fourth-order valence-electron chi connectivity index (χ4n) is 2.86. The van der Waals surface area contributed by atoms with Gasteiger partial charge in [0.2, 0.25) is 10.0 Å². The molecule has 2 aromatic rings. The number of aromatic nitrogens is 3. The van der Waals surface area contributed by atoms with Crippen molar-refractivity contribution in [3.05, 3.63) is 47.8 Å². The number of ether oxygens (including phenoxy) is 1. The number of hydrogen-bond donors (Lipinski definition) is 0. The van der Waals surface area contributed by atoms with E-state index < -0.39 is 10.0 Å². The molecule has 2 aromatic heterocycles. The molecular weight excluding hydrogens is 328 g/mol. The Bertz CT molecular complexity index is 803. The average molecular weight is 350 g/mol. The predicted octanol–water partition coefficient (Wildman–Crippen LogP) is 1.51. The Hall–Kier alpha value is -1.77. The van der Waals surface area contributed by atoms with Crippen molar-refractivity contribution in [2.45, 2.75) is 33.0 Å². The minimum absolute atomic E-state index is 0.0811. The van der Waals surface area contributed by atoms with Gasteiger partial charge in [0.05, 0.1) is 49.3 Å². The topological polar surface area (TPSA) is 77.3 Å². The summed E-state index contributed by atoms with van der Waals surface area (Å²) in [5.41, 5.74) is 2.71. The lowest BCUT2D eigenvalue weighted by molar-refractivity contribution is 0.0734. The Labute approximate surface area is 142 Å². The first kappa shape index (κ1) is 17.1. The van der Waals surface area contributed by atoms with E-state index in [0.717, 1.165) is 17.1 Å². The molecule has 1 aliphatic rings. The number of sulfonamides is 1. The van der Waals surface area contributed by atoms with E-state index in [-0.39, 0.29) is 11.8 Å². The summed E-state index contributed by atoms with van der Waals surface area (Å²) < 4.78 is 33.7. The van der Waals surface area contributed by atoms with Crippen LogP contribution in [0.25, 0.3) is 0 Å². The highest BCUT2D eigenvalue weighted by molar-refractivity contribution is 7.89. The standard InChI is InChI=1S/C16H22N4O3S/c1-3-24(21,22)19-8-15-7-17-12-20(15)16(9-19)11-23-10-14-6-4-5-13(2)18-14/h4-7,12,16H,3,8-11H2,1-2H3. The Morgan fingerprint density at radius 3 is 2.96 bits per heavy atom. The van der Waals surface area contributed by atoms with Crippen molar-refractivity contribution in [3.8, 4) is 0 Å². The third kappa shape index (κ3) is 3.66. The van der Waals surface area contributed by atoms with Crippen LogP contribution >= 0.6 is 0 Å². The number of pyridine rings is 1. The molecule has 0 N–H and O–H groups in total. The highest BCUT2D eigenvalue weighted by Crippen LogP contribution is 2.24. The molecule has 0 fully saturated rings. The SMILES string of the molecule is CCS(=O)(=O)N1Cc2cncn2C(COCc2cccc(C)n2)C1. The molecular formula is C16H22N4O3S. The van der Waals surface area contributed by atoms with Gasteiger partial charge in [0.1, 0.15) is 0 Å². The molecule has 0 aliphatic carbocycles. The molecule has 0 amide bonds. The zero-order valence-electron chi connectivity index (χ0n) is 13.9. The summed E-state index contributed by atoms with van der Waals surface area (Å²) in [4.78, 5) is 8.55. The van der Waals surface area contributed by atoms with Gasteiger partial charge in [0.25, 0.3) is 0 Å². The Balaban J connectivity index is 1.68. The first-order chi connectivity index (χ1) is 11.5. The zero-order chi connectivity index (χ0) is 17.2. The second kappa shape index (κ2) is 7.00. The maximum Gasteiger partial charge on any atom is 0.214 e. The van der Waals surface area contributed by atoms with E-state index in [9.17, 15) is 8.42 Å². The van der Waals surface area contributed by atoms with E-state index in [2.05, 4.69) is 9.97 Å². The number of fused-ring (bicyclic) bond motifs is 1. The molecule has 1 unspecified atom stereocenters. The van der Waals surface area contributed by atoms with Crippen LogP contribution in [-0.2, 0) is 27.9 Å². The number of hydrogen-bond acceptors (Lipinski definition) is 5. The second-order valence-electron chi connectivity index (χ2n) is 5.92. The van der Waals surface area contributed by atoms with Gasteiger partial charge in [-0.1, -0.05) is 6.07 Å². The van der Waals surface area contributed by atoms with Crippen LogP contribution in [0, 0.1) is 6.92 Å². The molecule has 1 aliphatic heterocycles. The molecule has 1 atom stereocenters. The summed E-state index contributed by atoms with van der Waals surface area (Å²) in [7, 11) is -3.23. The molecule has 8 heteroatoms. The molecule has 0 radical (unpaired) electrons. The molecule has 7 nitrogen and oxygen atoms in total. The van der Waals surface area contributed by atoms with Gasteiger partial charge in [0.15, 0.2) is 0 Å². The molecule has 0 aromatic carbocycles. The molecule has 3 rings (SSSR count). The lowest BCUT2D eigenvalue weighted by Crippen LogP contribution is -2.42. The van der Waals surface area contributed by atoms with E-state index in [1.807, 2.05) is 29.7 Å². The Morgan fingerprint density at radius 1 is 1.38 bits per heavy atom. The largest absolute Gasteiger partial charge is 0.373 e. The fraction of sp³-hybridized carbons (Fsp3) is 0.500. The monoisotopic (exact) mass is 350 g/mol. The van der Waals surface area contributed by atoms with Gasteiger partial charge >= 0.3 is 0 Å². The number of aryl methyl sites for hydroxylation is 1. The van der Waals surface area contributed by atoms with Gasteiger partial charge in [0, 0.05) is 18.4 Å². The van der Waals surface area contributed by atoms with Crippen LogP contribution in [0.15, 0.2) is 30.7 Å². The molecule has 0 spiro atoms. The van der Waals surface area contributed by atoms with Gasteiger partial charge in [-0.25, -0.2) is 13.4 Å². The molecule has 24 heavy (non-hydrogen) atoms. The Morgan fingerprint density at radius 2 is 2.21 bits per heavy atom. The highest BCUT2D eigenvalue weighted by Gasteiger charge is 2.31. The number of imidazole rings is 1. The van der Waals surface area contributed by atoms with Gasteiger partial charge < -0.3 is 9.30 Å². The van der Waals surface area contributed by atoms with Crippen LogP contribution in [0.2, 0.25) is 0 Å².